The van der Waals surface area contributed by atoms with Crippen LogP contribution in [0.4, 0.5) is 10.1 Å². The topological polar surface area (TPSA) is 67.4 Å². The second-order valence-corrected chi connectivity index (χ2v) is 6.63. The molecule has 0 spiro atoms. The van der Waals surface area contributed by atoms with Gasteiger partial charge in [0.25, 0.3) is 11.8 Å². The summed E-state index contributed by atoms with van der Waals surface area (Å²) in [5.41, 5.74) is 1.36. The standard InChI is InChI=1S/C19H17FN2O3S/c1-25-9-8-21-18(23)13-6-7-16-15(10-13)22-19(24)17(26-16)11-12-4-2-3-5-14(12)20/h2-7,10-11H,8-9H2,1H3,(H,21,23)(H,22,24)/b17-11+. The average Bonchev–Trinajstić information content (AvgIpc) is 2.64. The lowest BCUT2D eigenvalue weighted by molar-refractivity contribution is -0.112. The number of nitrogens with one attached hydrogen (secondary N) is 2. The first-order chi connectivity index (χ1) is 12.6. The maximum atomic E-state index is 13.8. The van der Waals surface area contributed by atoms with E-state index in [0.717, 1.165) is 4.90 Å². The highest BCUT2D eigenvalue weighted by Crippen LogP contribution is 2.39. The van der Waals surface area contributed by atoms with Crippen LogP contribution in [0.25, 0.3) is 6.08 Å². The molecule has 1 aliphatic rings. The third-order valence-electron chi connectivity index (χ3n) is 3.72. The monoisotopic (exact) mass is 372 g/mol. The Morgan fingerprint density at radius 2 is 2.12 bits per heavy atom. The molecule has 0 fully saturated rings. The van der Waals surface area contributed by atoms with E-state index in [2.05, 4.69) is 10.6 Å². The van der Waals surface area contributed by atoms with Crippen molar-refractivity contribution in [3.05, 3.63) is 64.3 Å². The van der Waals surface area contributed by atoms with Crippen molar-refractivity contribution in [2.75, 3.05) is 25.6 Å². The third kappa shape index (κ3) is 4.12. The molecule has 2 aromatic rings. The molecule has 134 valence electrons. The number of rotatable bonds is 5. The van der Waals surface area contributed by atoms with Crippen LogP contribution in [0.3, 0.4) is 0 Å². The predicted octanol–water partition coefficient (Wildman–Crippen LogP) is 3.29. The van der Waals surface area contributed by atoms with Gasteiger partial charge in [0.15, 0.2) is 0 Å². The van der Waals surface area contributed by atoms with Gasteiger partial charge in [0.05, 0.1) is 17.2 Å². The van der Waals surface area contributed by atoms with Gasteiger partial charge in [0.2, 0.25) is 0 Å². The van der Waals surface area contributed by atoms with Gasteiger partial charge in [-0.25, -0.2) is 4.39 Å². The minimum Gasteiger partial charge on any atom is -0.383 e. The molecule has 0 saturated carbocycles. The van der Waals surface area contributed by atoms with Crippen LogP contribution in [0.5, 0.6) is 0 Å². The van der Waals surface area contributed by atoms with E-state index in [-0.39, 0.29) is 17.6 Å². The van der Waals surface area contributed by atoms with Crippen molar-refractivity contribution in [3.8, 4) is 0 Å². The van der Waals surface area contributed by atoms with Crippen molar-refractivity contribution >= 4 is 35.3 Å². The molecular formula is C19H17FN2O3S. The average molecular weight is 372 g/mol. The summed E-state index contributed by atoms with van der Waals surface area (Å²) in [5, 5.41) is 5.49. The summed E-state index contributed by atoms with van der Waals surface area (Å²) in [7, 11) is 1.56. The number of thioether (sulfide) groups is 1. The number of hydrogen-bond acceptors (Lipinski definition) is 4. The van der Waals surface area contributed by atoms with Crippen LogP contribution in [0, 0.1) is 5.82 Å². The minimum absolute atomic E-state index is 0.239. The molecule has 26 heavy (non-hydrogen) atoms. The molecule has 7 heteroatoms. The molecule has 2 amide bonds. The van der Waals surface area contributed by atoms with Gasteiger partial charge >= 0.3 is 0 Å². The summed E-state index contributed by atoms with van der Waals surface area (Å²) in [5.74, 6) is -0.957. The van der Waals surface area contributed by atoms with Crippen LogP contribution < -0.4 is 10.6 Å². The normalized spacial score (nSPS) is 14.7. The van der Waals surface area contributed by atoms with Crippen LogP contribution in [0.2, 0.25) is 0 Å². The molecule has 3 rings (SSSR count). The van der Waals surface area contributed by atoms with Gasteiger partial charge in [0, 0.05) is 29.7 Å². The van der Waals surface area contributed by atoms with Gasteiger partial charge in [0.1, 0.15) is 5.82 Å². The molecule has 5 nitrogen and oxygen atoms in total. The number of benzene rings is 2. The highest BCUT2D eigenvalue weighted by molar-refractivity contribution is 8.04. The summed E-state index contributed by atoms with van der Waals surface area (Å²) in [6.07, 6.45) is 1.52. The molecule has 0 bridgehead atoms. The smallest absolute Gasteiger partial charge is 0.262 e. The quantitative estimate of drug-likeness (QED) is 0.624. The molecule has 0 radical (unpaired) electrons. The fraction of sp³-hybridized carbons (Fsp3) is 0.158. The van der Waals surface area contributed by atoms with Crippen molar-refractivity contribution in [1.82, 2.24) is 5.32 Å². The van der Waals surface area contributed by atoms with Gasteiger partial charge in [-0.15, -0.1) is 0 Å². The number of anilines is 1. The Labute approximate surface area is 154 Å². The fourth-order valence-corrected chi connectivity index (χ4v) is 3.33. The number of amides is 2. The van der Waals surface area contributed by atoms with Crippen molar-refractivity contribution in [2.24, 2.45) is 0 Å². The summed E-state index contributed by atoms with van der Waals surface area (Å²) in [6.45, 7) is 0.830. The van der Waals surface area contributed by atoms with Gasteiger partial charge in [-0.2, -0.15) is 0 Å². The van der Waals surface area contributed by atoms with Crippen molar-refractivity contribution < 1.29 is 18.7 Å². The van der Waals surface area contributed by atoms with E-state index in [1.54, 1.807) is 43.5 Å². The predicted molar refractivity (Wildman–Crippen MR) is 99.5 cm³/mol. The number of halogens is 1. The van der Waals surface area contributed by atoms with Gasteiger partial charge in [-0.3, -0.25) is 9.59 Å². The van der Waals surface area contributed by atoms with Crippen molar-refractivity contribution in [1.29, 1.82) is 0 Å². The first kappa shape index (κ1) is 18.2. The number of carbonyl (C=O) groups excluding carboxylic acids is 2. The lowest BCUT2D eigenvalue weighted by Crippen LogP contribution is -2.27. The highest BCUT2D eigenvalue weighted by atomic mass is 32.2. The molecule has 2 aromatic carbocycles. The van der Waals surface area contributed by atoms with Gasteiger partial charge in [-0.1, -0.05) is 30.0 Å². The molecule has 2 N–H and O–H groups in total. The van der Waals surface area contributed by atoms with E-state index in [9.17, 15) is 14.0 Å². The summed E-state index contributed by atoms with van der Waals surface area (Å²) in [4.78, 5) is 25.6. The van der Waals surface area contributed by atoms with E-state index in [1.807, 2.05) is 0 Å². The lowest BCUT2D eigenvalue weighted by Gasteiger charge is -2.19. The maximum Gasteiger partial charge on any atom is 0.262 e. The summed E-state index contributed by atoms with van der Waals surface area (Å²) in [6, 6.07) is 11.3. The number of fused-ring (bicyclic) bond motifs is 1. The van der Waals surface area contributed by atoms with E-state index in [1.165, 1.54) is 23.9 Å². The molecular weight excluding hydrogens is 355 g/mol. The SMILES string of the molecule is COCCNC(=O)c1ccc2c(c1)NC(=O)/C(=C\c1ccccc1F)S2. The number of hydrogen-bond donors (Lipinski definition) is 2. The molecule has 0 unspecified atom stereocenters. The van der Waals surface area contributed by atoms with Gasteiger partial charge < -0.3 is 15.4 Å². The first-order valence-electron chi connectivity index (χ1n) is 7.95. The van der Waals surface area contributed by atoms with Crippen molar-refractivity contribution in [2.45, 2.75) is 4.90 Å². The Kier molecular flexibility index (Phi) is 5.70. The Hall–Kier alpha value is -2.64. The molecule has 0 aliphatic carbocycles. The molecule has 0 atom stereocenters. The number of methoxy groups -OCH3 is 1. The summed E-state index contributed by atoms with van der Waals surface area (Å²) < 4.78 is 18.7. The van der Waals surface area contributed by atoms with Crippen LogP contribution in [-0.2, 0) is 9.53 Å². The van der Waals surface area contributed by atoms with E-state index in [4.69, 9.17) is 4.74 Å². The van der Waals surface area contributed by atoms with E-state index >= 15 is 0 Å². The van der Waals surface area contributed by atoms with Crippen LogP contribution in [-0.4, -0.2) is 32.1 Å². The zero-order chi connectivity index (χ0) is 18.5. The summed E-state index contributed by atoms with van der Waals surface area (Å²) >= 11 is 1.24. The molecule has 0 saturated heterocycles. The number of ether oxygens (including phenoxy) is 1. The zero-order valence-electron chi connectivity index (χ0n) is 14.0. The van der Waals surface area contributed by atoms with Gasteiger partial charge in [-0.05, 0) is 30.3 Å². The fourth-order valence-electron chi connectivity index (χ4n) is 2.40. The van der Waals surface area contributed by atoms with Crippen LogP contribution in [0.15, 0.2) is 52.3 Å². The largest absolute Gasteiger partial charge is 0.383 e. The Bertz CT molecular complexity index is 883. The molecule has 1 heterocycles. The Balaban J connectivity index is 1.80. The second-order valence-electron chi connectivity index (χ2n) is 5.55. The van der Waals surface area contributed by atoms with Crippen LogP contribution >= 0.6 is 11.8 Å². The molecule has 1 aliphatic heterocycles. The Morgan fingerprint density at radius 1 is 1.31 bits per heavy atom. The molecule has 0 aromatic heterocycles. The van der Waals surface area contributed by atoms with E-state index in [0.29, 0.717) is 34.9 Å². The number of carbonyl (C=O) groups is 2. The Morgan fingerprint density at radius 3 is 2.88 bits per heavy atom. The second kappa shape index (κ2) is 8.16. The lowest BCUT2D eigenvalue weighted by atomic mass is 10.1. The maximum absolute atomic E-state index is 13.8. The first-order valence-corrected chi connectivity index (χ1v) is 8.77. The van der Waals surface area contributed by atoms with Crippen LogP contribution in [0.1, 0.15) is 15.9 Å². The van der Waals surface area contributed by atoms with Crippen molar-refractivity contribution in [3.63, 3.8) is 0 Å². The third-order valence-corrected chi connectivity index (χ3v) is 4.82. The van der Waals surface area contributed by atoms with E-state index < -0.39 is 0 Å². The minimum atomic E-state index is -0.387. The zero-order valence-corrected chi connectivity index (χ0v) is 14.9. The highest BCUT2D eigenvalue weighted by Gasteiger charge is 2.22.